The maximum atomic E-state index is 12.3. The number of amides is 2. The third-order valence-electron chi connectivity index (χ3n) is 4.80. The standard InChI is InChI=1S/C24H16ClN5O2/c25-21-17(15-27-24(29-21)28-18-11-9-16(14-26)10-12-18)6-2-1-5-13-30-22(31)19-7-3-4-8-20(19)23(30)32/h3-4,7-12,15H,1,5,13H2,(H,27,28,29). The van der Waals surface area contributed by atoms with Gasteiger partial charge in [-0.2, -0.15) is 10.2 Å². The molecule has 0 aliphatic carbocycles. The third-order valence-corrected chi connectivity index (χ3v) is 5.09. The fourth-order valence-electron chi connectivity index (χ4n) is 3.19. The van der Waals surface area contributed by atoms with Crippen molar-refractivity contribution in [3.63, 3.8) is 0 Å². The summed E-state index contributed by atoms with van der Waals surface area (Å²) in [5, 5.41) is 12.1. The molecule has 1 aliphatic rings. The van der Waals surface area contributed by atoms with E-state index in [1.165, 1.54) is 11.1 Å². The molecule has 0 atom stereocenters. The van der Waals surface area contributed by atoms with E-state index < -0.39 is 0 Å². The van der Waals surface area contributed by atoms with Crippen molar-refractivity contribution in [3.8, 4) is 17.9 Å². The minimum Gasteiger partial charge on any atom is -0.324 e. The van der Waals surface area contributed by atoms with E-state index in [2.05, 4.69) is 33.2 Å². The number of aromatic nitrogens is 2. The van der Waals surface area contributed by atoms with Crippen LogP contribution < -0.4 is 5.32 Å². The molecule has 32 heavy (non-hydrogen) atoms. The maximum absolute atomic E-state index is 12.3. The van der Waals surface area contributed by atoms with Gasteiger partial charge in [0.25, 0.3) is 11.8 Å². The molecule has 0 spiro atoms. The monoisotopic (exact) mass is 441 g/mol. The van der Waals surface area contributed by atoms with E-state index in [4.69, 9.17) is 16.9 Å². The van der Waals surface area contributed by atoms with Gasteiger partial charge in [-0.05, 0) is 42.8 Å². The maximum Gasteiger partial charge on any atom is 0.261 e. The Morgan fingerprint density at radius 3 is 2.34 bits per heavy atom. The number of halogens is 1. The van der Waals surface area contributed by atoms with Gasteiger partial charge in [-0.25, -0.2) is 4.98 Å². The number of carbonyl (C=O) groups is 2. The molecular weight excluding hydrogens is 426 g/mol. The number of anilines is 2. The number of imide groups is 1. The smallest absolute Gasteiger partial charge is 0.261 e. The lowest BCUT2D eigenvalue weighted by molar-refractivity contribution is 0.0653. The van der Waals surface area contributed by atoms with Crippen LogP contribution in [-0.4, -0.2) is 33.2 Å². The number of hydrogen-bond donors (Lipinski definition) is 1. The molecule has 7 nitrogen and oxygen atoms in total. The number of benzene rings is 2. The Bertz CT molecular complexity index is 1270. The van der Waals surface area contributed by atoms with Gasteiger partial charge in [0, 0.05) is 24.8 Å². The minimum atomic E-state index is -0.264. The highest BCUT2D eigenvalue weighted by molar-refractivity contribution is 6.30. The first-order chi connectivity index (χ1) is 15.6. The SMILES string of the molecule is N#Cc1ccc(Nc2ncc(C#CCCCN3C(=O)c4ccccc4C3=O)c(Cl)n2)cc1. The predicted octanol–water partition coefficient (Wildman–Crippen LogP) is 4.17. The summed E-state index contributed by atoms with van der Waals surface area (Å²) in [7, 11) is 0. The van der Waals surface area contributed by atoms with E-state index >= 15 is 0 Å². The van der Waals surface area contributed by atoms with Gasteiger partial charge in [0.05, 0.1) is 28.3 Å². The van der Waals surface area contributed by atoms with Crippen LogP contribution in [0, 0.1) is 23.2 Å². The Labute approximate surface area is 189 Å². The van der Waals surface area contributed by atoms with Crippen molar-refractivity contribution in [1.82, 2.24) is 14.9 Å². The molecule has 3 aromatic rings. The molecule has 0 fully saturated rings. The van der Waals surface area contributed by atoms with Crippen LogP contribution in [0.3, 0.4) is 0 Å². The topological polar surface area (TPSA) is 99.0 Å². The predicted molar refractivity (Wildman–Crippen MR) is 119 cm³/mol. The van der Waals surface area contributed by atoms with Gasteiger partial charge < -0.3 is 5.32 Å². The first-order valence-corrected chi connectivity index (χ1v) is 10.2. The van der Waals surface area contributed by atoms with E-state index in [9.17, 15) is 9.59 Å². The number of fused-ring (bicyclic) bond motifs is 1. The lowest BCUT2D eigenvalue weighted by Crippen LogP contribution is -2.30. The molecule has 2 amide bonds. The second-order valence-electron chi connectivity index (χ2n) is 6.93. The fraction of sp³-hybridized carbons (Fsp3) is 0.125. The number of nitrogens with zero attached hydrogens (tertiary/aromatic N) is 4. The first kappa shape index (κ1) is 21.0. The van der Waals surface area contributed by atoms with Crippen LogP contribution in [0.5, 0.6) is 0 Å². The van der Waals surface area contributed by atoms with E-state index in [1.54, 1.807) is 48.5 Å². The zero-order valence-corrected chi connectivity index (χ0v) is 17.6. The van der Waals surface area contributed by atoms with Crippen LogP contribution in [0.15, 0.2) is 54.7 Å². The minimum absolute atomic E-state index is 0.212. The van der Waals surface area contributed by atoms with Gasteiger partial charge in [0.15, 0.2) is 0 Å². The van der Waals surface area contributed by atoms with Crippen LogP contribution in [0.25, 0.3) is 0 Å². The zero-order chi connectivity index (χ0) is 22.5. The van der Waals surface area contributed by atoms with Gasteiger partial charge in [-0.3, -0.25) is 14.5 Å². The summed E-state index contributed by atoms with van der Waals surface area (Å²) >= 11 is 6.22. The number of carbonyl (C=O) groups excluding carboxylic acids is 2. The highest BCUT2D eigenvalue weighted by Gasteiger charge is 2.34. The first-order valence-electron chi connectivity index (χ1n) is 9.80. The number of hydrogen-bond acceptors (Lipinski definition) is 6. The molecule has 2 heterocycles. The third kappa shape index (κ3) is 4.44. The Morgan fingerprint density at radius 2 is 1.72 bits per heavy atom. The second kappa shape index (κ2) is 9.30. The average molecular weight is 442 g/mol. The van der Waals surface area contributed by atoms with Crippen molar-refractivity contribution >= 4 is 35.1 Å². The van der Waals surface area contributed by atoms with Crippen LogP contribution in [0.1, 0.15) is 44.7 Å². The number of rotatable bonds is 5. The molecule has 2 aromatic carbocycles. The summed E-state index contributed by atoms with van der Waals surface area (Å²) in [4.78, 5) is 34.4. The molecule has 0 unspecified atom stereocenters. The molecule has 0 radical (unpaired) electrons. The Kier molecular flexibility index (Phi) is 6.12. The lowest BCUT2D eigenvalue weighted by Gasteiger charge is -2.12. The van der Waals surface area contributed by atoms with E-state index in [-0.39, 0.29) is 17.0 Å². The molecule has 0 bridgehead atoms. The Morgan fingerprint density at radius 1 is 1.03 bits per heavy atom. The molecule has 0 saturated carbocycles. The Hall–Kier alpha value is -4.20. The van der Waals surface area contributed by atoms with Gasteiger partial charge >= 0.3 is 0 Å². The van der Waals surface area contributed by atoms with Crippen LogP contribution in [0.2, 0.25) is 5.15 Å². The number of unbranched alkanes of at least 4 members (excludes halogenated alkanes) is 1. The quantitative estimate of drug-likeness (QED) is 0.276. The lowest BCUT2D eigenvalue weighted by atomic mass is 10.1. The van der Waals surface area contributed by atoms with Crippen molar-refractivity contribution in [2.45, 2.75) is 12.8 Å². The van der Waals surface area contributed by atoms with Crippen molar-refractivity contribution < 1.29 is 9.59 Å². The average Bonchev–Trinajstić information content (AvgIpc) is 3.05. The molecule has 156 valence electrons. The van der Waals surface area contributed by atoms with Crippen molar-refractivity contribution in [1.29, 1.82) is 5.26 Å². The highest BCUT2D eigenvalue weighted by Crippen LogP contribution is 2.22. The van der Waals surface area contributed by atoms with E-state index in [1.807, 2.05) is 0 Å². The van der Waals surface area contributed by atoms with Gasteiger partial charge in [-0.1, -0.05) is 35.6 Å². The molecule has 1 aromatic heterocycles. The van der Waals surface area contributed by atoms with Gasteiger partial charge in [0.2, 0.25) is 5.95 Å². The largest absolute Gasteiger partial charge is 0.324 e. The van der Waals surface area contributed by atoms with Crippen molar-refractivity contribution in [3.05, 3.63) is 82.1 Å². The van der Waals surface area contributed by atoms with Gasteiger partial charge in [-0.15, -0.1) is 0 Å². The molecule has 1 aliphatic heterocycles. The summed E-state index contributed by atoms with van der Waals surface area (Å²) in [5.74, 6) is 5.70. The molecule has 1 N–H and O–H groups in total. The van der Waals surface area contributed by atoms with Crippen LogP contribution in [0.4, 0.5) is 11.6 Å². The fourth-order valence-corrected chi connectivity index (χ4v) is 3.36. The summed E-state index contributed by atoms with van der Waals surface area (Å²) in [5.41, 5.74) is 2.66. The highest BCUT2D eigenvalue weighted by atomic mass is 35.5. The molecule has 0 saturated heterocycles. The molecule has 4 rings (SSSR count). The van der Waals surface area contributed by atoms with E-state index in [0.717, 1.165) is 5.69 Å². The van der Waals surface area contributed by atoms with Crippen LogP contribution >= 0.6 is 11.6 Å². The summed E-state index contributed by atoms with van der Waals surface area (Å²) in [6, 6.07) is 15.7. The molecule has 8 heteroatoms. The normalized spacial score (nSPS) is 12.1. The molecular formula is C24H16ClN5O2. The van der Waals surface area contributed by atoms with E-state index in [0.29, 0.717) is 47.6 Å². The van der Waals surface area contributed by atoms with Gasteiger partial charge in [0.1, 0.15) is 5.15 Å². The summed E-state index contributed by atoms with van der Waals surface area (Å²) in [6.45, 7) is 0.304. The Balaban J connectivity index is 1.32. The van der Waals surface area contributed by atoms with Crippen molar-refractivity contribution in [2.75, 3.05) is 11.9 Å². The number of nitrogens with one attached hydrogen (secondary N) is 1. The summed E-state index contributed by atoms with van der Waals surface area (Å²) < 4.78 is 0. The van der Waals surface area contributed by atoms with Crippen LogP contribution in [-0.2, 0) is 0 Å². The number of nitriles is 1. The zero-order valence-electron chi connectivity index (χ0n) is 16.8. The second-order valence-corrected chi connectivity index (χ2v) is 7.28. The van der Waals surface area contributed by atoms with Crippen molar-refractivity contribution in [2.24, 2.45) is 0 Å². The summed E-state index contributed by atoms with van der Waals surface area (Å²) in [6.07, 6.45) is 2.56.